The average Bonchev–Trinajstić information content (AvgIpc) is 2.93. The lowest BCUT2D eigenvalue weighted by molar-refractivity contribution is 0.938. The van der Waals surface area contributed by atoms with Crippen LogP contribution in [0.4, 0.5) is 5.95 Å². The lowest BCUT2D eigenvalue weighted by atomic mass is 10.3. The van der Waals surface area contributed by atoms with Gasteiger partial charge >= 0.3 is 0 Å². The van der Waals surface area contributed by atoms with Crippen molar-refractivity contribution >= 4 is 5.95 Å². The van der Waals surface area contributed by atoms with Crippen molar-refractivity contribution in [3.63, 3.8) is 0 Å². The summed E-state index contributed by atoms with van der Waals surface area (Å²) >= 11 is 0. The van der Waals surface area contributed by atoms with E-state index in [9.17, 15) is 0 Å². The van der Waals surface area contributed by atoms with Gasteiger partial charge in [-0.3, -0.25) is 0 Å². The Hall–Kier alpha value is -1.84. The first kappa shape index (κ1) is 8.47. The molecule has 2 aromatic heterocycles. The summed E-state index contributed by atoms with van der Waals surface area (Å²) in [5.74, 6) is 1.82. The van der Waals surface area contributed by atoms with E-state index < -0.39 is 0 Å². The van der Waals surface area contributed by atoms with Gasteiger partial charge in [0.25, 0.3) is 0 Å². The molecule has 2 heterocycles. The zero-order valence-corrected chi connectivity index (χ0v) is 8.30. The molecule has 0 spiro atoms. The first-order valence-corrected chi connectivity index (χ1v) is 5.11. The summed E-state index contributed by atoms with van der Waals surface area (Å²) in [4.78, 5) is 8.48. The van der Waals surface area contributed by atoms with E-state index in [4.69, 9.17) is 5.73 Å². The third-order valence-electron chi connectivity index (χ3n) is 2.61. The highest BCUT2D eigenvalue weighted by Crippen LogP contribution is 2.39. The number of anilines is 1. The standard InChI is InChI=1S/C11H12N4/c12-11-13-9(8-3-4-8)7-10(14-11)15-5-1-2-6-15/h1-2,5-8H,3-4H2,(H2,12,13,14). The van der Waals surface area contributed by atoms with Gasteiger partial charge in [-0.1, -0.05) is 0 Å². The summed E-state index contributed by atoms with van der Waals surface area (Å²) in [6.07, 6.45) is 6.36. The van der Waals surface area contributed by atoms with Crippen LogP contribution in [0.2, 0.25) is 0 Å². The molecule has 1 aliphatic carbocycles. The van der Waals surface area contributed by atoms with Gasteiger partial charge in [0.15, 0.2) is 0 Å². The highest BCUT2D eigenvalue weighted by Gasteiger charge is 2.26. The molecular weight excluding hydrogens is 188 g/mol. The number of nitrogens with two attached hydrogens (primary N) is 1. The molecule has 1 aliphatic rings. The number of nitrogens with zero attached hydrogens (tertiary/aromatic N) is 3. The fourth-order valence-corrected chi connectivity index (χ4v) is 1.68. The van der Waals surface area contributed by atoms with E-state index in [0.717, 1.165) is 11.5 Å². The summed E-state index contributed by atoms with van der Waals surface area (Å²) in [6.45, 7) is 0. The van der Waals surface area contributed by atoms with E-state index in [1.54, 1.807) is 0 Å². The van der Waals surface area contributed by atoms with Crippen molar-refractivity contribution in [1.29, 1.82) is 0 Å². The lowest BCUT2D eigenvalue weighted by Gasteiger charge is -2.05. The van der Waals surface area contributed by atoms with Crippen LogP contribution in [-0.4, -0.2) is 14.5 Å². The van der Waals surface area contributed by atoms with Gasteiger partial charge in [-0.25, -0.2) is 4.98 Å². The molecule has 0 bridgehead atoms. The van der Waals surface area contributed by atoms with Crippen molar-refractivity contribution in [2.45, 2.75) is 18.8 Å². The van der Waals surface area contributed by atoms with Crippen LogP contribution < -0.4 is 5.73 Å². The van der Waals surface area contributed by atoms with Crippen LogP contribution >= 0.6 is 0 Å². The molecule has 1 saturated carbocycles. The number of aromatic nitrogens is 3. The topological polar surface area (TPSA) is 56.7 Å². The van der Waals surface area contributed by atoms with Crippen LogP contribution in [-0.2, 0) is 0 Å². The Bertz CT molecular complexity index is 471. The molecule has 0 unspecified atom stereocenters. The molecule has 4 nitrogen and oxygen atoms in total. The van der Waals surface area contributed by atoms with Gasteiger partial charge < -0.3 is 10.3 Å². The first-order valence-electron chi connectivity index (χ1n) is 5.11. The molecule has 2 N–H and O–H groups in total. The quantitative estimate of drug-likeness (QED) is 0.803. The number of hydrogen-bond donors (Lipinski definition) is 1. The van der Waals surface area contributed by atoms with E-state index >= 15 is 0 Å². The third-order valence-corrected chi connectivity index (χ3v) is 2.61. The predicted molar refractivity (Wildman–Crippen MR) is 57.7 cm³/mol. The fraction of sp³-hybridized carbons (Fsp3) is 0.273. The second-order valence-electron chi connectivity index (χ2n) is 3.87. The lowest BCUT2D eigenvalue weighted by Crippen LogP contribution is -2.03. The van der Waals surface area contributed by atoms with Crippen LogP contribution in [0.3, 0.4) is 0 Å². The summed E-state index contributed by atoms with van der Waals surface area (Å²) in [6, 6.07) is 5.96. The maximum atomic E-state index is 5.70. The Morgan fingerprint density at radius 2 is 1.93 bits per heavy atom. The number of hydrogen-bond acceptors (Lipinski definition) is 3. The molecule has 76 valence electrons. The number of rotatable bonds is 2. The normalized spacial score (nSPS) is 15.5. The van der Waals surface area contributed by atoms with Gasteiger partial charge in [0.2, 0.25) is 5.95 Å². The predicted octanol–water partition coefficient (Wildman–Crippen LogP) is 1.73. The van der Waals surface area contributed by atoms with Gasteiger partial charge in [-0.05, 0) is 25.0 Å². The highest BCUT2D eigenvalue weighted by molar-refractivity contribution is 5.35. The second-order valence-corrected chi connectivity index (χ2v) is 3.87. The van der Waals surface area contributed by atoms with Gasteiger partial charge in [0.05, 0.1) is 5.69 Å². The van der Waals surface area contributed by atoms with Crippen molar-refractivity contribution in [3.8, 4) is 5.82 Å². The van der Waals surface area contributed by atoms with E-state index in [0.29, 0.717) is 11.9 Å². The smallest absolute Gasteiger partial charge is 0.222 e. The Labute approximate surface area is 87.8 Å². The largest absolute Gasteiger partial charge is 0.368 e. The molecule has 1 fully saturated rings. The Balaban J connectivity index is 2.07. The second kappa shape index (κ2) is 3.08. The maximum Gasteiger partial charge on any atom is 0.222 e. The minimum Gasteiger partial charge on any atom is -0.368 e. The monoisotopic (exact) mass is 200 g/mol. The molecule has 0 aliphatic heterocycles. The van der Waals surface area contributed by atoms with E-state index in [-0.39, 0.29) is 0 Å². The summed E-state index contributed by atoms with van der Waals surface area (Å²) < 4.78 is 1.95. The molecule has 0 atom stereocenters. The summed E-state index contributed by atoms with van der Waals surface area (Å²) in [5.41, 5.74) is 6.77. The average molecular weight is 200 g/mol. The first-order chi connectivity index (χ1) is 7.33. The summed E-state index contributed by atoms with van der Waals surface area (Å²) in [7, 11) is 0. The third kappa shape index (κ3) is 1.58. The highest BCUT2D eigenvalue weighted by atomic mass is 15.1. The molecular formula is C11H12N4. The molecule has 15 heavy (non-hydrogen) atoms. The van der Waals surface area contributed by atoms with Crippen molar-refractivity contribution in [1.82, 2.24) is 14.5 Å². The molecule has 0 aromatic carbocycles. The van der Waals surface area contributed by atoms with Gasteiger partial charge in [-0.2, -0.15) is 4.98 Å². The van der Waals surface area contributed by atoms with Gasteiger partial charge in [-0.15, -0.1) is 0 Å². The maximum absolute atomic E-state index is 5.70. The van der Waals surface area contributed by atoms with Crippen molar-refractivity contribution in [3.05, 3.63) is 36.3 Å². The molecule has 0 saturated heterocycles. The van der Waals surface area contributed by atoms with Crippen LogP contribution in [0.5, 0.6) is 0 Å². The molecule has 4 heteroatoms. The minimum absolute atomic E-state index is 0.364. The van der Waals surface area contributed by atoms with Crippen molar-refractivity contribution < 1.29 is 0 Å². The SMILES string of the molecule is Nc1nc(C2CC2)cc(-n2cccc2)n1. The zero-order chi connectivity index (χ0) is 10.3. The van der Waals surface area contributed by atoms with E-state index in [1.165, 1.54) is 12.8 Å². The van der Waals surface area contributed by atoms with Crippen LogP contribution in [0.25, 0.3) is 5.82 Å². The van der Waals surface area contributed by atoms with Crippen LogP contribution in [0, 0.1) is 0 Å². The summed E-state index contributed by atoms with van der Waals surface area (Å²) in [5, 5.41) is 0. The zero-order valence-electron chi connectivity index (χ0n) is 8.30. The van der Waals surface area contributed by atoms with E-state index in [2.05, 4.69) is 9.97 Å². The minimum atomic E-state index is 0.364. The Morgan fingerprint density at radius 3 is 2.60 bits per heavy atom. The van der Waals surface area contributed by atoms with Gasteiger partial charge in [0.1, 0.15) is 5.82 Å². The molecule has 0 amide bonds. The molecule has 3 rings (SSSR count). The molecule has 0 radical (unpaired) electrons. The fourth-order valence-electron chi connectivity index (χ4n) is 1.68. The van der Waals surface area contributed by atoms with E-state index in [1.807, 2.05) is 35.2 Å². The van der Waals surface area contributed by atoms with Crippen LogP contribution in [0.1, 0.15) is 24.5 Å². The van der Waals surface area contributed by atoms with Gasteiger partial charge in [0, 0.05) is 24.4 Å². The molecule has 2 aromatic rings. The van der Waals surface area contributed by atoms with Crippen molar-refractivity contribution in [2.24, 2.45) is 0 Å². The number of nitrogen functional groups attached to an aromatic ring is 1. The van der Waals surface area contributed by atoms with Crippen molar-refractivity contribution in [2.75, 3.05) is 5.73 Å². The Morgan fingerprint density at radius 1 is 1.20 bits per heavy atom. The Kier molecular flexibility index (Phi) is 1.74. The van der Waals surface area contributed by atoms with Crippen LogP contribution in [0.15, 0.2) is 30.6 Å².